The first kappa shape index (κ1) is 26.5. The number of pyridine rings is 1. The molecule has 5 nitrogen and oxygen atoms in total. The number of hydrogen-bond donors (Lipinski definition) is 0. The van der Waals surface area contributed by atoms with Gasteiger partial charge in [0.15, 0.2) is 0 Å². The van der Waals surface area contributed by atoms with E-state index in [1.54, 1.807) is 7.11 Å². The first-order valence-electron chi connectivity index (χ1n) is 13.1. The molecule has 2 aromatic carbocycles. The monoisotopic (exact) mass is 547 g/mol. The van der Waals surface area contributed by atoms with E-state index in [9.17, 15) is 4.79 Å². The van der Waals surface area contributed by atoms with Gasteiger partial charge in [0.05, 0.1) is 12.1 Å². The number of fused-ring (bicyclic) bond motifs is 1. The molecule has 0 atom stereocenters. The van der Waals surface area contributed by atoms with Crippen molar-refractivity contribution < 1.29 is 9.53 Å². The molecule has 2 aromatic heterocycles. The van der Waals surface area contributed by atoms with Gasteiger partial charge in [0.2, 0.25) is 0 Å². The quantitative estimate of drug-likeness (QED) is 0.236. The number of hydrogen-bond acceptors (Lipinski definition) is 5. The van der Waals surface area contributed by atoms with Crippen LogP contribution >= 0.6 is 22.9 Å². The summed E-state index contributed by atoms with van der Waals surface area (Å²) in [7, 11) is 5.64. The van der Waals surface area contributed by atoms with E-state index >= 15 is 0 Å². The predicted molar refractivity (Wildman–Crippen MR) is 159 cm³/mol. The number of nitrogens with zero attached hydrogens (tertiary/aromatic N) is 3. The number of rotatable bonds is 7. The van der Waals surface area contributed by atoms with Crippen LogP contribution in [0, 0.1) is 5.92 Å². The van der Waals surface area contributed by atoms with Crippen molar-refractivity contribution in [2.45, 2.75) is 45.2 Å². The van der Waals surface area contributed by atoms with E-state index in [0.717, 1.165) is 64.0 Å². The lowest BCUT2D eigenvalue weighted by molar-refractivity contribution is 0.0597. The molecule has 0 aliphatic heterocycles. The molecule has 0 radical (unpaired) electrons. The third-order valence-corrected chi connectivity index (χ3v) is 9.24. The fourth-order valence-electron chi connectivity index (χ4n) is 5.29. The standard InChI is InChI=1S/C31H34ClN3O2S/c1-20-9-13-24(14-10-20)35(31(36)30-29(32)25-7-5-6-8-27(25)38-30)19-23-17-21(11-15-26(23)37-4)22-12-16-28(33-18-22)34(2)3/h5-8,11-12,15-18,20,24H,9-10,13-14,19H2,1-4H3/t20-,24-. The van der Waals surface area contributed by atoms with Gasteiger partial charge in [0, 0.05) is 54.1 Å². The fraction of sp³-hybridized carbons (Fsp3) is 0.355. The van der Waals surface area contributed by atoms with Crippen LogP contribution in [-0.4, -0.2) is 43.0 Å². The largest absolute Gasteiger partial charge is 0.496 e. The molecule has 5 rings (SSSR count). The zero-order valence-corrected chi connectivity index (χ0v) is 24.0. The van der Waals surface area contributed by atoms with Crippen LogP contribution in [0.4, 0.5) is 5.82 Å². The van der Waals surface area contributed by atoms with Gasteiger partial charge in [-0.2, -0.15) is 0 Å². The van der Waals surface area contributed by atoms with Gasteiger partial charge >= 0.3 is 0 Å². The van der Waals surface area contributed by atoms with Crippen LogP contribution in [0.1, 0.15) is 47.8 Å². The van der Waals surface area contributed by atoms with E-state index in [-0.39, 0.29) is 11.9 Å². The van der Waals surface area contributed by atoms with E-state index in [4.69, 9.17) is 16.3 Å². The van der Waals surface area contributed by atoms with E-state index < -0.39 is 0 Å². The topological polar surface area (TPSA) is 45.7 Å². The van der Waals surface area contributed by atoms with Crippen LogP contribution in [0.2, 0.25) is 5.02 Å². The fourth-order valence-corrected chi connectivity index (χ4v) is 6.76. The van der Waals surface area contributed by atoms with Crippen molar-refractivity contribution in [2.24, 2.45) is 5.92 Å². The van der Waals surface area contributed by atoms with Gasteiger partial charge in [-0.25, -0.2) is 4.98 Å². The van der Waals surface area contributed by atoms with Gasteiger partial charge in [-0.3, -0.25) is 4.79 Å². The SMILES string of the molecule is COc1ccc(-c2ccc(N(C)C)nc2)cc1CN(C(=O)c1sc2ccccc2c1Cl)[C@H]1CC[C@H](C)CC1. The highest BCUT2D eigenvalue weighted by Crippen LogP contribution is 2.38. The average molecular weight is 548 g/mol. The molecule has 0 bridgehead atoms. The second-order valence-corrected chi connectivity index (χ2v) is 11.8. The molecule has 4 aromatic rings. The molecule has 0 saturated heterocycles. The molecule has 38 heavy (non-hydrogen) atoms. The lowest BCUT2D eigenvalue weighted by Crippen LogP contribution is -2.41. The van der Waals surface area contributed by atoms with Gasteiger partial charge in [0.1, 0.15) is 16.4 Å². The van der Waals surface area contributed by atoms with Crippen LogP contribution in [0.25, 0.3) is 21.2 Å². The van der Waals surface area contributed by atoms with E-state index in [0.29, 0.717) is 22.4 Å². The Hall–Kier alpha value is -3.09. The number of thiophene rings is 1. The zero-order chi connectivity index (χ0) is 26.8. The van der Waals surface area contributed by atoms with Crippen LogP contribution in [0.15, 0.2) is 60.8 Å². The van der Waals surface area contributed by atoms with Crippen LogP contribution in [0.5, 0.6) is 5.75 Å². The zero-order valence-electron chi connectivity index (χ0n) is 22.4. The van der Waals surface area contributed by atoms with Crippen LogP contribution in [0.3, 0.4) is 0 Å². The molecule has 1 fully saturated rings. The molecule has 7 heteroatoms. The minimum absolute atomic E-state index is 0.000196. The van der Waals surface area contributed by atoms with Crippen molar-refractivity contribution in [3.8, 4) is 16.9 Å². The van der Waals surface area contributed by atoms with Crippen molar-refractivity contribution in [2.75, 3.05) is 26.1 Å². The van der Waals surface area contributed by atoms with Crippen molar-refractivity contribution in [1.82, 2.24) is 9.88 Å². The summed E-state index contributed by atoms with van der Waals surface area (Å²) in [6, 6.07) is 18.4. The highest BCUT2D eigenvalue weighted by molar-refractivity contribution is 7.21. The molecular formula is C31H34ClN3O2S. The number of carbonyl (C=O) groups excluding carboxylic acids is 1. The maximum atomic E-state index is 14.2. The van der Waals surface area contributed by atoms with E-state index in [1.807, 2.05) is 72.6 Å². The number of aromatic nitrogens is 1. The molecule has 0 unspecified atom stereocenters. The summed E-state index contributed by atoms with van der Waals surface area (Å²) in [6.07, 6.45) is 6.12. The number of ether oxygens (including phenoxy) is 1. The van der Waals surface area contributed by atoms with Gasteiger partial charge in [-0.05, 0) is 67.5 Å². The van der Waals surface area contributed by atoms with Gasteiger partial charge < -0.3 is 14.5 Å². The summed E-state index contributed by atoms with van der Waals surface area (Å²) in [5, 5.41) is 1.49. The molecule has 0 spiro atoms. The summed E-state index contributed by atoms with van der Waals surface area (Å²) < 4.78 is 6.80. The normalized spacial score (nSPS) is 17.4. The second kappa shape index (κ2) is 11.3. The minimum atomic E-state index is 0.000196. The molecule has 198 valence electrons. The summed E-state index contributed by atoms with van der Waals surface area (Å²) in [5.41, 5.74) is 3.05. The van der Waals surface area contributed by atoms with E-state index in [1.165, 1.54) is 11.3 Å². The summed E-state index contributed by atoms with van der Waals surface area (Å²) in [6.45, 7) is 2.76. The summed E-state index contributed by atoms with van der Waals surface area (Å²) in [4.78, 5) is 23.4. The number of anilines is 1. The van der Waals surface area contributed by atoms with E-state index in [2.05, 4.69) is 24.0 Å². The third kappa shape index (κ3) is 5.38. The lowest BCUT2D eigenvalue weighted by atomic mass is 9.86. The van der Waals surface area contributed by atoms with Crippen molar-refractivity contribution in [3.05, 3.63) is 76.3 Å². The molecule has 1 amide bonds. The first-order valence-corrected chi connectivity index (χ1v) is 14.3. The van der Waals surface area contributed by atoms with Crippen LogP contribution < -0.4 is 9.64 Å². The molecule has 1 aliphatic rings. The van der Waals surface area contributed by atoms with Gasteiger partial charge in [0.25, 0.3) is 5.91 Å². The number of amides is 1. The highest BCUT2D eigenvalue weighted by atomic mass is 35.5. The minimum Gasteiger partial charge on any atom is -0.496 e. The lowest BCUT2D eigenvalue weighted by Gasteiger charge is -2.36. The van der Waals surface area contributed by atoms with Gasteiger partial charge in [-0.1, -0.05) is 42.8 Å². The average Bonchev–Trinajstić information content (AvgIpc) is 3.28. The highest BCUT2D eigenvalue weighted by Gasteiger charge is 2.31. The van der Waals surface area contributed by atoms with Gasteiger partial charge in [-0.15, -0.1) is 11.3 Å². The smallest absolute Gasteiger partial charge is 0.266 e. The number of benzene rings is 2. The molecular weight excluding hydrogens is 514 g/mol. The number of halogens is 1. The Bertz CT molecular complexity index is 1430. The Kier molecular flexibility index (Phi) is 7.91. The Morgan fingerprint density at radius 1 is 1.05 bits per heavy atom. The number of carbonyl (C=O) groups is 1. The van der Waals surface area contributed by atoms with Crippen molar-refractivity contribution >= 4 is 44.7 Å². The molecule has 1 aliphatic carbocycles. The molecule has 2 heterocycles. The van der Waals surface area contributed by atoms with Crippen LogP contribution in [-0.2, 0) is 6.54 Å². The Labute approximate surface area is 234 Å². The van der Waals surface area contributed by atoms with Crippen molar-refractivity contribution in [1.29, 1.82) is 0 Å². The summed E-state index contributed by atoms with van der Waals surface area (Å²) >= 11 is 8.27. The maximum absolute atomic E-state index is 14.2. The Balaban J connectivity index is 1.51. The Morgan fingerprint density at radius 2 is 1.79 bits per heavy atom. The van der Waals surface area contributed by atoms with Crippen molar-refractivity contribution in [3.63, 3.8) is 0 Å². The molecule has 1 saturated carbocycles. The molecule has 0 N–H and O–H groups in total. The first-order chi connectivity index (χ1) is 18.4. The maximum Gasteiger partial charge on any atom is 0.266 e. The third-order valence-electron chi connectivity index (χ3n) is 7.58. The number of methoxy groups -OCH3 is 1. The predicted octanol–water partition coefficient (Wildman–Crippen LogP) is 7.91. The Morgan fingerprint density at radius 3 is 2.45 bits per heavy atom. The summed E-state index contributed by atoms with van der Waals surface area (Å²) in [5.74, 6) is 2.37. The second-order valence-electron chi connectivity index (χ2n) is 10.4.